The first-order chi connectivity index (χ1) is 48.5. The highest BCUT2D eigenvalue weighted by atomic mass is 16.2. The number of allylic oxidation sites excluding steroid dienone is 8. The second-order valence-electron chi connectivity index (χ2n) is 26.8. The summed E-state index contributed by atoms with van der Waals surface area (Å²) in [6.45, 7) is 8.87. The molecule has 99 heavy (non-hydrogen) atoms. The highest BCUT2D eigenvalue weighted by Gasteiger charge is 2.28. The molecule has 0 unspecified atom stereocenters. The minimum atomic E-state index is -1.34. The number of hydrogen-bond donors (Lipinski definition) is 8. The van der Waals surface area contributed by atoms with Gasteiger partial charge in [0.2, 0.25) is 23.6 Å². The van der Waals surface area contributed by atoms with Crippen molar-refractivity contribution in [3.8, 4) is 0 Å². The average Bonchev–Trinajstić information content (AvgIpc) is 1.16. The van der Waals surface area contributed by atoms with E-state index in [2.05, 4.69) is 134 Å². The number of nitrogens with two attached hydrogens (primary N) is 2. The summed E-state index contributed by atoms with van der Waals surface area (Å²) >= 11 is 0. The van der Waals surface area contributed by atoms with Crippen molar-refractivity contribution in [2.75, 3.05) is 0 Å². The van der Waals surface area contributed by atoms with Gasteiger partial charge in [-0.2, -0.15) is 20.4 Å². The van der Waals surface area contributed by atoms with Gasteiger partial charge in [0.1, 0.15) is 18.1 Å². The third-order valence-corrected chi connectivity index (χ3v) is 17.3. The summed E-state index contributed by atoms with van der Waals surface area (Å²) in [6.07, 6.45) is 78.3. The van der Waals surface area contributed by atoms with Crippen LogP contribution >= 0.6 is 0 Å². The van der Waals surface area contributed by atoms with E-state index in [1.165, 1.54) is 180 Å². The Labute approximate surface area is 602 Å². The predicted molar refractivity (Wildman–Crippen MR) is 419 cm³/mol. The lowest BCUT2D eigenvalue weighted by molar-refractivity contribution is -0.131. The first-order valence-electron chi connectivity index (χ1n) is 40.0. The Morgan fingerprint density at radius 3 is 0.808 bits per heavy atom. The van der Waals surface area contributed by atoms with Crippen molar-refractivity contribution in [2.45, 2.75) is 393 Å². The van der Waals surface area contributed by atoms with E-state index in [0.29, 0.717) is 12.8 Å². The van der Waals surface area contributed by atoms with Crippen molar-refractivity contribution < 1.29 is 28.8 Å². The van der Waals surface area contributed by atoms with Gasteiger partial charge in [0.25, 0.3) is 11.8 Å². The summed E-state index contributed by atoms with van der Waals surface area (Å²) in [5.41, 5.74) is 21.8. The number of rotatable bonds is 71. The van der Waals surface area contributed by atoms with E-state index >= 15 is 0 Å². The Kier molecular flexibility index (Phi) is 69.7. The molecule has 0 aromatic rings. The maximum atomic E-state index is 14.1. The number of nitrogens with one attached hydrogen (secondary N) is 6. The van der Waals surface area contributed by atoms with Crippen LogP contribution in [0.15, 0.2) is 74.0 Å². The van der Waals surface area contributed by atoms with Gasteiger partial charge in [0.05, 0.1) is 0 Å². The van der Waals surface area contributed by atoms with E-state index < -0.39 is 59.5 Å². The fraction of sp³-hybridized carbons (Fsp3) is 0.762. The number of carbonyl (C=O) groups excluding carboxylic acids is 6. The first-order valence-corrected chi connectivity index (χ1v) is 40.0. The quantitative estimate of drug-likeness (QED) is 0.00950. The van der Waals surface area contributed by atoms with Crippen molar-refractivity contribution in [3.63, 3.8) is 0 Å². The highest BCUT2D eigenvalue weighted by molar-refractivity contribution is 5.93. The van der Waals surface area contributed by atoms with Gasteiger partial charge in [-0.05, 0) is 148 Å². The summed E-state index contributed by atoms with van der Waals surface area (Å²) in [5, 5.41) is 22.0. The van der Waals surface area contributed by atoms with Crippen LogP contribution in [0.2, 0.25) is 0 Å². The number of amides is 6. The zero-order valence-corrected chi connectivity index (χ0v) is 63.2. The van der Waals surface area contributed by atoms with Crippen LogP contribution in [0.1, 0.15) is 374 Å². The molecule has 0 bridgehead atoms. The van der Waals surface area contributed by atoms with Crippen molar-refractivity contribution in [3.05, 3.63) is 48.6 Å². The van der Waals surface area contributed by atoms with Crippen LogP contribution in [0.3, 0.4) is 0 Å². The number of aliphatic imine (C=N–C) groups is 1. The zero-order chi connectivity index (χ0) is 72.2. The topological polar surface area (TPSA) is 288 Å². The first kappa shape index (κ1) is 92.7. The van der Waals surface area contributed by atoms with Gasteiger partial charge in [0.15, 0.2) is 5.96 Å². The monoisotopic (exact) mass is 1380 g/mol. The Balaban J connectivity index is 5.78. The highest BCUT2D eigenvalue weighted by Crippen LogP contribution is 2.16. The third kappa shape index (κ3) is 67.3. The molecule has 0 rings (SSSR count). The van der Waals surface area contributed by atoms with E-state index in [-0.39, 0.29) is 38.5 Å². The lowest BCUT2D eigenvalue weighted by Gasteiger charge is -2.20. The molecule has 3 atom stereocenters. The van der Waals surface area contributed by atoms with Gasteiger partial charge in [-0.1, -0.05) is 256 Å². The molecule has 0 saturated carbocycles. The van der Waals surface area contributed by atoms with Gasteiger partial charge < -0.3 is 22.1 Å². The van der Waals surface area contributed by atoms with Gasteiger partial charge in [0, 0.05) is 44.1 Å². The number of hydrogen-bond acceptors (Lipinski definition) is 11. The van der Waals surface area contributed by atoms with Crippen LogP contribution in [-0.2, 0) is 28.8 Å². The normalized spacial score (nSPS) is 12.9. The van der Waals surface area contributed by atoms with Crippen molar-refractivity contribution in [2.24, 2.45) is 36.9 Å². The molecule has 0 aromatic carbocycles. The molecule has 0 heterocycles. The lowest BCUT2D eigenvalue weighted by Crippen LogP contribution is -2.49. The third-order valence-electron chi connectivity index (χ3n) is 17.3. The second-order valence-corrected chi connectivity index (χ2v) is 26.8. The molecule has 0 aliphatic rings. The van der Waals surface area contributed by atoms with Gasteiger partial charge >= 0.3 is 0 Å². The fourth-order valence-corrected chi connectivity index (χ4v) is 11.1. The molecule has 0 spiro atoms. The summed E-state index contributed by atoms with van der Waals surface area (Å²) in [7, 11) is 0. The summed E-state index contributed by atoms with van der Waals surface area (Å²) < 4.78 is 0. The molecule has 566 valence electrons. The maximum Gasteiger partial charge on any atom is 0.262 e. The molecule has 0 aromatic heterocycles. The van der Waals surface area contributed by atoms with E-state index in [1.807, 2.05) is 0 Å². The number of nitrogens with zero attached hydrogens (tertiary/aromatic N) is 5. The minimum absolute atomic E-state index is 0.0650. The maximum absolute atomic E-state index is 14.1. The van der Waals surface area contributed by atoms with E-state index in [9.17, 15) is 28.8 Å². The smallest absolute Gasteiger partial charge is 0.262 e. The van der Waals surface area contributed by atoms with E-state index in [0.717, 1.165) is 116 Å². The van der Waals surface area contributed by atoms with Crippen LogP contribution in [0.25, 0.3) is 0 Å². The number of carbonyl (C=O) groups is 6. The van der Waals surface area contributed by atoms with Crippen LogP contribution in [0.5, 0.6) is 0 Å². The van der Waals surface area contributed by atoms with Crippen LogP contribution in [0.4, 0.5) is 0 Å². The van der Waals surface area contributed by atoms with Crippen molar-refractivity contribution in [1.82, 2.24) is 32.3 Å². The standard InChI is InChI=1S/C80H145N13O6/c1-5-9-13-17-21-25-29-33-37-41-45-49-53-57-67-83-90-75(95)65-62-72(78(98)92-85-69-59-55-51-47-43-39-35-31-27-23-19-15-11-7-3)87-74(94)64-61-71(89-80(81)82)77(97)88-73(79(99)93-86-70-60-56-52-48-44-40-36-32-28-24-20-16-12-8-4)63-66-76(96)91-84-68-58-54-50-46-42-38-34-30-26-22-18-14-10-6-2/h17-24,67-73H,5-16,25-66H2,1-4H3,(H,87,94)(H,88,97)(H,90,95)(H,91,96)(H,92,98)(H,93,99)(H4,81,82,89)/b21-17-,22-18-,23-19-,24-20-,83-67+,84-68+,85-69+,86-70+/t71-,72-,73-/m0/s1. The second kappa shape index (κ2) is 74.4. The summed E-state index contributed by atoms with van der Waals surface area (Å²) in [6, 6.07) is -3.75. The fourth-order valence-electron chi connectivity index (χ4n) is 11.1. The molecule has 0 saturated heterocycles. The van der Waals surface area contributed by atoms with Gasteiger partial charge in [-0.3, -0.25) is 28.8 Å². The molecule has 0 radical (unpaired) electrons. The molecule has 0 aliphatic heterocycles. The summed E-state index contributed by atoms with van der Waals surface area (Å²) in [4.78, 5) is 85.4. The Bertz CT molecular complexity index is 2240. The molecule has 0 aliphatic carbocycles. The van der Waals surface area contributed by atoms with Crippen molar-refractivity contribution in [1.29, 1.82) is 0 Å². The van der Waals surface area contributed by atoms with E-state index in [1.54, 1.807) is 24.9 Å². The molecule has 6 amide bonds. The van der Waals surface area contributed by atoms with Crippen molar-refractivity contribution >= 4 is 66.3 Å². The largest absolute Gasteiger partial charge is 0.370 e. The van der Waals surface area contributed by atoms with E-state index in [4.69, 9.17) is 11.5 Å². The molecule has 10 N–H and O–H groups in total. The lowest BCUT2D eigenvalue weighted by atomic mass is 10.1. The summed E-state index contributed by atoms with van der Waals surface area (Å²) in [5.74, 6) is -3.95. The van der Waals surface area contributed by atoms with Crippen LogP contribution < -0.4 is 43.8 Å². The molecular weight excluding hydrogens is 1240 g/mol. The number of hydrazone groups is 4. The Hall–Kier alpha value is -6.27. The SMILES string of the molecule is CCCC/C=C\CCCCCCCCC/C=N/NC(=O)CC[C@H](NC(=O)CC[C@H](N=C(N)N)C(=O)N[C@@H](CCC(=O)N/N=C/CCCCCCCCC/C=C\CCCC)C(=O)N/N=C/CCCCCCCCC/C=C\CCCC)C(=O)N/N=C/CCCCCCCCC/C=C\CCCC. The Morgan fingerprint density at radius 2 is 0.525 bits per heavy atom. The molecular formula is C80H145N13O6. The van der Waals surface area contributed by atoms with Crippen LogP contribution in [-0.4, -0.2) is 84.4 Å². The average molecular weight is 1390 g/mol. The zero-order valence-electron chi connectivity index (χ0n) is 63.2. The number of guanidine groups is 1. The molecule has 19 nitrogen and oxygen atoms in total. The minimum Gasteiger partial charge on any atom is -0.370 e. The van der Waals surface area contributed by atoms with Gasteiger partial charge in [-0.25, -0.2) is 26.7 Å². The predicted octanol–water partition coefficient (Wildman–Crippen LogP) is 18.4. The van der Waals surface area contributed by atoms with Crippen LogP contribution in [0, 0.1) is 0 Å². The molecule has 19 heteroatoms. The molecule has 0 fully saturated rings. The Morgan fingerprint density at radius 1 is 0.283 bits per heavy atom. The number of unbranched alkanes of at least 4 members (excludes halogenated alkanes) is 40. The van der Waals surface area contributed by atoms with Gasteiger partial charge in [-0.15, -0.1) is 0 Å².